The van der Waals surface area contributed by atoms with Crippen LogP contribution in [0.3, 0.4) is 0 Å². The summed E-state index contributed by atoms with van der Waals surface area (Å²) in [6.07, 6.45) is 1.37. The summed E-state index contributed by atoms with van der Waals surface area (Å²) in [5.74, 6) is -0.0804. The Hall–Kier alpha value is -1.40. The van der Waals surface area contributed by atoms with Crippen LogP contribution >= 0.6 is 0 Å². The Morgan fingerprint density at radius 1 is 1.39 bits per heavy atom. The SMILES string of the molecule is Cc1ccc(S(=O)(=O)N2CCC[C@@H]2C(=N)N)cc1. The number of nitrogens with two attached hydrogens (primary N) is 1. The van der Waals surface area contributed by atoms with E-state index in [0.29, 0.717) is 13.0 Å². The van der Waals surface area contributed by atoms with E-state index in [1.807, 2.05) is 6.92 Å². The van der Waals surface area contributed by atoms with Crippen LogP contribution in [0.2, 0.25) is 0 Å². The zero-order valence-electron chi connectivity index (χ0n) is 10.3. The van der Waals surface area contributed by atoms with E-state index in [2.05, 4.69) is 0 Å². The van der Waals surface area contributed by atoms with Gasteiger partial charge < -0.3 is 5.73 Å². The van der Waals surface area contributed by atoms with E-state index in [4.69, 9.17) is 11.1 Å². The molecule has 2 rings (SSSR count). The molecule has 0 aromatic heterocycles. The molecule has 1 atom stereocenters. The Bertz CT molecular complexity index is 551. The van der Waals surface area contributed by atoms with Crippen molar-refractivity contribution in [2.24, 2.45) is 5.73 Å². The van der Waals surface area contributed by atoms with E-state index >= 15 is 0 Å². The first kappa shape index (κ1) is 13.0. The van der Waals surface area contributed by atoms with Crippen molar-refractivity contribution in [2.75, 3.05) is 6.54 Å². The lowest BCUT2D eigenvalue weighted by molar-refractivity contribution is 0.443. The fourth-order valence-corrected chi connectivity index (χ4v) is 3.86. The average molecular weight is 267 g/mol. The molecule has 1 heterocycles. The number of rotatable bonds is 3. The Labute approximate surface area is 107 Å². The van der Waals surface area contributed by atoms with Crippen molar-refractivity contribution >= 4 is 15.9 Å². The van der Waals surface area contributed by atoms with Gasteiger partial charge in [0.2, 0.25) is 10.0 Å². The van der Waals surface area contributed by atoms with E-state index in [1.54, 1.807) is 24.3 Å². The van der Waals surface area contributed by atoms with Crippen molar-refractivity contribution in [1.29, 1.82) is 5.41 Å². The van der Waals surface area contributed by atoms with Gasteiger partial charge in [0.1, 0.15) is 5.84 Å². The van der Waals surface area contributed by atoms with Crippen LogP contribution in [0.25, 0.3) is 0 Å². The Morgan fingerprint density at radius 2 is 2.00 bits per heavy atom. The van der Waals surface area contributed by atoms with Gasteiger partial charge in [-0.3, -0.25) is 5.41 Å². The van der Waals surface area contributed by atoms with Crippen LogP contribution in [0.1, 0.15) is 18.4 Å². The fraction of sp³-hybridized carbons (Fsp3) is 0.417. The predicted molar refractivity (Wildman–Crippen MR) is 70.0 cm³/mol. The smallest absolute Gasteiger partial charge is 0.243 e. The summed E-state index contributed by atoms with van der Waals surface area (Å²) in [4.78, 5) is 0.265. The van der Waals surface area contributed by atoms with Crippen LogP contribution in [-0.4, -0.2) is 31.1 Å². The van der Waals surface area contributed by atoms with Gasteiger partial charge in [-0.1, -0.05) is 17.7 Å². The van der Waals surface area contributed by atoms with E-state index in [0.717, 1.165) is 12.0 Å². The Morgan fingerprint density at radius 3 is 2.56 bits per heavy atom. The highest BCUT2D eigenvalue weighted by atomic mass is 32.2. The maximum atomic E-state index is 12.4. The van der Waals surface area contributed by atoms with Crippen LogP contribution < -0.4 is 5.73 Å². The summed E-state index contributed by atoms with van der Waals surface area (Å²) in [5.41, 5.74) is 6.48. The number of amidine groups is 1. The maximum absolute atomic E-state index is 12.4. The van der Waals surface area contributed by atoms with Gasteiger partial charge in [0.25, 0.3) is 0 Å². The van der Waals surface area contributed by atoms with Crippen LogP contribution in [0.15, 0.2) is 29.2 Å². The molecule has 0 unspecified atom stereocenters. The topological polar surface area (TPSA) is 87.2 Å². The van der Waals surface area contributed by atoms with E-state index in [-0.39, 0.29) is 10.7 Å². The molecule has 0 spiro atoms. The van der Waals surface area contributed by atoms with E-state index in [1.165, 1.54) is 4.31 Å². The number of benzene rings is 1. The van der Waals surface area contributed by atoms with Crippen LogP contribution in [0, 0.1) is 12.3 Å². The van der Waals surface area contributed by atoms with Gasteiger partial charge in [0, 0.05) is 6.54 Å². The van der Waals surface area contributed by atoms with Crippen molar-refractivity contribution in [2.45, 2.75) is 30.7 Å². The maximum Gasteiger partial charge on any atom is 0.243 e. The highest BCUT2D eigenvalue weighted by Gasteiger charge is 2.36. The molecule has 1 saturated heterocycles. The van der Waals surface area contributed by atoms with Crippen molar-refractivity contribution in [3.8, 4) is 0 Å². The summed E-state index contributed by atoms with van der Waals surface area (Å²) in [5, 5.41) is 7.47. The third-order valence-electron chi connectivity index (χ3n) is 3.19. The van der Waals surface area contributed by atoms with Gasteiger partial charge in [0.15, 0.2) is 0 Å². The highest BCUT2D eigenvalue weighted by molar-refractivity contribution is 7.89. The monoisotopic (exact) mass is 267 g/mol. The van der Waals surface area contributed by atoms with Crippen molar-refractivity contribution in [3.05, 3.63) is 29.8 Å². The molecule has 0 radical (unpaired) electrons. The minimum absolute atomic E-state index is 0.0804. The molecule has 1 fully saturated rings. The van der Waals surface area contributed by atoms with Crippen molar-refractivity contribution in [1.82, 2.24) is 4.31 Å². The molecule has 0 bridgehead atoms. The van der Waals surface area contributed by atoms with Crippen molar-refractivity contribution in [3.63, 3.8) is 0 Å². The lowest BCUT2D eigenvalue weighted by Crippen LogP contribution is -2.43. The Kier molecular flexibility index (Phi) is 3.41. The minimum Gasteiger partial charge on any atom is -0.386 e. The number of nitrogens with one attached hydrogen (secondary N) is 1. The standard InChI is InChI=1S/C12H17N3O2S/c1-9-4-6-10(7-5-9)18(16,17)15-8-2-3-11(15)12(13)14/h4-7,11H,2-3,8H2,1H3,(H3,13,14)/t11-/m1/s1. The summed E-state index contributed by atoms with van der Waals surface area (Å²) in [6.45, 7) is 2.34. The molecule has 6 heteroatoms. The molecule has 0 amide bonds. The zero-order valence-corrected chi connectivity index (χ0v) is 11.1. The third kappa shape index (κ3) is 2.26. The summed E-state index contributed by atoms with van der Waals surface area (Å²) in [6, 6.07) is 6.24. The van der Waals surface area contributed by atoms with E-state index < -0.39 is 16.1 Å². The number of hydrogen-bond acceptors (Lipinski definition) is 3. The molecule has 1 aliphatic heterocycles. The third-order valence-corrected chi connectivity index (χ3v) is 5.11. The summed E-state index contributed by atoms with van der Waals surface area (Å²) >= 11 is 0. The summed E-state index contributed by atoms with van der Waals surface area (Å²) in [7, 11) is -3.54. The molecule has 1 aliphatic rings. The second-order valence-electron chi connectivity index (χ2n) is 4.54. The highest BCUT2D eigenvalue weighted by Crippen LogP contribution is 2.26. The molecule has 3 N–H and O–H groups in total. The lowest BCUT2D eigenvalue weighted by atomic mass is 10.2. The first-order valence-corrected chi connectivity index (χ1v) is 7.29. The molecule has 0 aliphatic carbocycles. The number of hydrogen-bond donors (Lipinski definition) is 2. The normalized spacial score (nSPS) is 21.1. The van der Waals surface area contributed by atoms with Gasteiger partial charge in [-0.15, -0.1) is 0 Å². The van der Waals surface area contributed by atoms with Gasteiger partial charge >= 0.3 is 0 Å². The number of sulfonamides is 1. The number of aryl methyl sites for hydroxylation is 1. The number of nitrogens with zero attached hydrogens (tertiary/aromatic N) is 1. The average Bonchev–Trinajstić information content (AvgIpc) is 2.79. The van der Waals surface area contributed by atoms with Crippen LogP contribution in [0.5, 0.6) is 0 Å². The molecule has 1 aromatic rings. The van der Waals surface area contributed by atoms with Gasteiger partial charge in [-0.25, -0.2) is 8.42 Å². The molecular weight excluding hydrogens is 250 g/mol. The molecule has 1 aromatic carbocycles. The second kappa shape index (κ2) is 4.70. The molecule has 5 nitrogen and oxygen atoms in total. The van der Waals surface area contributed by atoms with Gasteiger partial charge in [0.05, 0.1) is 10.9 Å². The fourth-order valence-electron chi connectivity index (χ4n) is 2.18. The molecular formula is C12H17N3O2S. The van der Waals surface area contributed by atoms with E-state index in [9.17, 15) is 8.42 Å². The zero-order chi connectivity index (χ0) is 13.3. The van der Waals surface area contributed by atoms with Gasteiger partial charge in [-0.05, 0) is 31.9 Å². The lowest BCUT2D eigenvalue weighted by Gasteiger charge is -2.23. The quantitative estimate of drug-likeness (QED) is 0.634. The van der Waals surface area contributed by atoms with Crippen molar-refractivity contribution < 1.29 is 8.42 Å². The predicted octanol–water partition coefficient (Wildman–Crippen LogP) is 1.08. The Balaban J connectivity index is 2.36. The van der Waals surface area contributed by atoms with Gasteiger partial charge in [-0.2, -0.15) is 4.31 Å². The first-order chi connectivity index (χ1) is 8.43. The molecule has 0 saturated carbocycles. The minimum atomic E-state index is -3.54. The molecule has 98 valence electrons. The summed E-state index contributed by atoms with van der Waals surface area (Å²) < 4.78 is 26.2. The molecule has 18 heavy (non-hydrogen) atoms. The largest absolute Gasteiger partial charge is 0.386 e. The van der Waals surface area contributed by atoms with Crippen LogP contribution in [-0.2, 0) is 10.0 Å². The second-order valence-corrected chi connectivity index (χ2v) is 6.43. The first-order valence-electron chi connectivity index (χ1n) is 5.85. The van der Waals surface area contributed by atoms with Crippen LogP contribution in [0.4, 0.5) is 0 Å².